The van der Waals surface area contributed by atoms with Crippen LogP contribution in [-0.2, 0) is 0 Å². The maximum absolute atomic E-state index is 5.92. The molecule has 5 rings (SSSR count). The monoisotopic (exact) mass is 462 g/mol. The summed E-state index contributed by atoms with van der Waals surface area (Å²) in [6, 6.07) is 29.4. The molecule has 0 fully saturated rings. The zero-order valence-electron chi connectivity index (χ0n) is 15.9. The molecule has 0 saturated heterocycles. The topological polar surface area (TPSA) is 52.0 Å². The standard InChI is InChI=1S/C24H18N2S4/c25-15-3-1-5-17(11-15)27-19-7-9-21-23(13-19)29-22-10-8-20(14-24(22)30-21)28-18-6-2-4-16(26)12-18/h1-14H,25-26H2. The fourth-order valence-electron chi connectivity index (χ4n) is 3.10. The summed E-state index contributed by atoms with van der Waals surface area (Å²) in [6.07, 6.45) is 0. The van der Waals surface area contributed by atoms with E-state index >= 15 is 0 Å². The number of nitrogen functional groups attached to an aromatic ring is 2. The Labute approximate surface area is 193 Å². The summed E-state index contributed by atoms with van der Waals surface area (Å²) in [7, 11) is 0. The summed E-state index contributed by atoms with van der Waals surface area (Å²) >= 11 is 7.17. The Morgan fingerprint density at radius 2 is 0.900 bits per heavy atom. The Morgan fingerprint density at radius 1 is 0.467 bits per heavy atom. The number of anilines is 2. The minimum absolute atomic E-state index is 0.795. The molecule has 0 aliphatic carbocycles. The lowest BCUT2D eigenvalue weighted by Gasteiger charge is -2.19. The molecule has 1 heterocycles. The van der Waals surface area contributed by atoms with E-state index in [0.29, 0.717) is 0 Å². The molecule has 0 radical (unpaired) electrons. The van der Waals surface area contributed by atoms with Gasteiger partial charge in [0.15, 0.2) is 0 Å². The van der Waals surface area contributed by atoms with Gasteiger partial charge in [-0.25, -0.2) is 0 Å². The highest BCUT2D eigenvalue weighted by molar-refractivity contribution is 8.05. The molecule has 30 heavy (non-hydrogen) atoms. The van der Waals surface area contributed by atoms with Gasteiger partial charge in [0.05, 0.1) is 0 Å². The van der Waals surface area contributed by atoms with E-state index in [1.165, 1.54) is 29.4 Å². The van der Waals surface area contributed by atoms with Gasteiger partial charge in [0.1, 0.15) is 0 Å². The lowest BCUT2D eigenvalue weighted by atomic mass is 10.3. The van der Waals surface area contributed by atoms with Crippen molar-refractivity contribution >= 4 is 58.4 Å². The second kappa shape index (κ2) is 8.55. The largest absolute Gasteiger partial charge is 0.399 e. The Hall–Kier alpha value is -2.12. The van der Waals surface area contributed by atoms with E-state index in [0.717, 1.165) is 21.2 Å². The Bertz CT molecular complexity index is 1140. The Kier molecular flexibility index (Phi) is 5.65. The van der Waals surface area contributed by atoms with E-state index in [1.807, 2.05) is 59.9 Å². The average Bonchev–Trinajstić information content (AvgIpc) is 2.72. The minimum Gasteiger partial charge on any atom is -0.399 e. The van der Waals surface area contributed by atoms with Crippen molar-refractivity contribution in [2.75, 3.05) is 11.5 Å². The zero-order valence-corrected chi connectivity index (χ0v) is 19.1. The SMILES string of the molecule is Nc1cccc(Sc2ccc3c(c2)Sc2ccc(Sc4cccc(N)c4)cc2S3)c1. The number of fused-ring (bicyclic) bond motifs is 2. The molecule has 1 aliphatic rings. The van der Waals surface area contributed by atoms with Crippen molar-refractivity contribution in [3.8, 4) is 0 Å². The van der Waals surface area contributed by atoms with Gasteiger partial charge >= 0.3 is 0 Å². The number of hydrogen-bond acceptors (Lipinski definition) is 6. The third-order valence-corrected chi connectivity index (χ3v) is 8.94. The maximum Gasteiger partial charge on any atom is 0.0325 e. The molecule has 4 aromatic rings. The van der Waals surface area contributed by atoms with E-state index in [2.05, 4.69) is 48.5 Å². The highest BCUT2D eigenvalue weighted by atomic mass is 32.2. The number of hydrogen-bond donors (Lipinski definition) is 2. The fourth-order valence-corrected chi connectivity index (χ4v) is 7.37. The summed E-state index contributed by atoms with van der Waals surface area (Å²) in [5.41, 5.74) is 13.4. The molecule has 4 aromatic carbocycles. The molecule has 0 aromatic heterocycles. The van der Waals surface area contributed by atoms with Crippen LogP contribution in [-0.4, -0.2) is 0 Å². The lowest BCUT2D eigenvalue weighted by molar-refractivity contribution is 1.11. The highest BCUT2D eigenvalue weighted by Gasteiger charge is 2.18. The molecular formula is C24H18N2S4. The molecule has 0 amide bonds. The first-order valence-corrected chi connectivity index (χ1v) is 12.6. The number of rotatable bonds is 4. The average molecular weight is 463 g/mol. The normalized spacial score (nSPS) is 12.3. The van der Waals surface area contributed by atoms with E-state index in [4.69, 9.17) is 11.5 Å². The van der Waals surface area contributed by atoms with Crippen LogP contribution in [0.2, 0.25) is 0 Å². The van der Waals surface area contributed by atoms with Crippen LogP contribution in [0.4, 0.5) is 11.4 Å². The quantitative estimate of drug-likeness (QED) is 0.266. The predicted octanol–water partition coefficient (Wildman–Crippen LogP) is 7.77. The molecule has 0 bridgehead atoms. The molecule has 0 unspecified atom stereocenters. The molecule has 2 nitrogen and oxygen atoms in total. The van der Waals surface area contributed by atoms with E-state index in [9.17, 15) is 0 Å². The molecule has 0 saturated carbocycles. The van der Waals surface area contributed by atoms with Gasteiger partial charge < -0.3 is 11.5 Å². The van der Waals surface area contributed by atoms with E-state index < -0.39 is 0 Å². The summed E-state index contributed by atoms with van der Waals surface area (Å²) in [5.74, 6) is 0. The molecule has 6 heteroatoms. The zero-order chi connectivity index (χ0) is 20.5. The predicted molar refractivity (Wildman–Crippen MR) is 131 cm³/mol. The Morgan fingerprint density at radius 3 is 1.33 bits per heavy atom. The van der Waals surface area contributed by atoms with Gasteiger partial charge in [0.2, 0.25) is 0 Å². The Balaban J connectivity index is 1.36. The molecule has 0 spiro atoms. The van der Waals surface area contributed by atoms with E-state index in [1.54, 1.807) is 23.5 Å². The first-order chi connectivity index (χ1) is 14.6. The first-order valence-electron chi connectivity index (χ1n) is 9.33. The van der Waals surface area contributed by atoms with Gasteiger partial charge in [-0.2, -0.15) is 0 Å². The summed E-state index contributed by atoms with van der Waals surface area (Å²) in [6.45, 7) is 0. The van der Waals surface area contributed by atoms with Crippen molar-refractivity contribution in [2.24, 2.45) is 0 Å². The van der Waals surface area contributed by atoms with Crippen LogP contribution < -0.4 is 11.5 Å². The fraction of sp³-hybridized carbons (Fsp3) is 0. The van der Waals surface area contributed by atoms with Crippen LogP contribution in [0.25, 0.3) is 0 Å². The van der Waals surface area contributed by atoms with Crippen molar-refractivity contribution in [3.63, 3.8) is 0 Å². The summed E-state index contributed by atoms with van der Waals surface area (Å²) in [4.78, 5) is 9.98. The van der Waals surface area contributed by atoms with Crippen LogP contribution in [0, 0.1) is 0 Å². The first kappa shape index (κ1) is 19.8. The van der Waals surface area contributed by atoms with Crippen molar-refractivity contribution in [1.82, 2.24) is 0 Å². The van der Waals surface area contributed by atoms with Crippen molar-refractivity contribution < 1.29 is 0 Å². The number of nitrogens with two attached hydrogens (primary N) is 2. The van der Waals surface area contributed by atoms with Gasteiger partial charge in [-0.3, -0.25) is 0 Å². The molecular weight excluding hydrogens is 445 g/mol. The van der Waals surface area contributed by atoms with Gasteiger partial charge in [-0.1, -0.05) is 59.2 Å². The minimum atomic E-state index is 0.795. The van der Waals surface area contributed by atoms with Crippen LogP contribution in [0.1, 0.15) is 0 Å². The molecule has 4 N–H and O–H groups in total. The van der Waals surface area contributed by atoms with Crippen molar-refractivity contribution in [1.29, 1.82) is 0 Å². The second-order valence-corrected chi connectivity index (χ2v) is 11.2. The van der Waals surface area contributed by atoms with Gasteiger partial charge in [0.25, 0.3) is 0 Å². The van der Waals surface area contributed by atoms with E-state index in [-0.39, 0.29) is 0 Å². The number of benzene rings is 4. The van der Waals surface area contributed by atoms with Gasteiger partial charge in [-0.15, -0.1) is 0 Å². The summed E-state index contributed by atoms with van der Waals surface area (Å²) < 4.78 is 0. The third kappa shape index (κ3) is 4.47. The smallest absolute Gasteiger partial charge is 0.0325 e. The van der Waals surface area contributed by atoms with Gasteiger partial charge in [-0.05, 0) is 72.8 Å². The highest BCUT2D eigenvalue weighted by Crippen LogP contribution is 2.50. The molecule has 1 aliphatic heterocycles. The molecule has 148 valence electrons. The maximum atomic E-state index is 5.92. The third-order valence-electron chi connectivity index (χ3n) is 4.46. The van der Waals surface area contributed by atoms with Crippen LogP contribution >= 0.6 is 47.0 Å². The lowest BCUT2D eigenvalue weighted by Crippen LogP contribution is -1.91. The molecule has 0 atom stereocenters. The van der Waals surface area contributed by atoms with Gasteiger partial charge in [0, 0.05) is 50.5 Å². The van der Waals surface area contributed by atoms with Crippen LogP contribution in [0.3, 0.4) is 0 Å². The van der Waals surface area contributed by atoms with Crippen molar-refractivity contribution in [3.05, 3.63) is 84.9 Å². The summed E-state index contributed by atoms with van der Waals surface area (Å²) in [5, 5.41) is 0. The van der Waals surface area contributed by atoms with Crippen LogP contribution in [0.5, 0.6) is 0 Å². The van der Waals surface area contributed by atoms with Crippen LogP contribution in [0.15, 0.2) is 124 Å². The second-order valence-electron chi connectivity index (χ2n) is 6.77. The van der Waals surface area contributed by atoms with Crippen molar-refractivity contribution in [2.45, 2.75) is 39.2 Å².